The quantitative estimate of drug-likeness (QED) is 0.685. The molecule has 2 aromatic heterocycles. The zero-order chi connectivity index (χ0) is 15.4. The van der Waals surface area contributed by atoms with Crippen LogP contribution in [-0.2, 0) is 18.3 Å². The molecule has 2 rings (SSSR count). The van der Waals surface area contributed by atoms with E-state index in [-0.39, 0.29) is 0 Å². The van der Waals surface area contributed by atoms with Crippen molar-refractivity contribution in [1.82, 2.24) is 24.9 Å². The Bertz CT molecular complexity index is 631. The van der Waals surface area contributed by atoms with Crippen LogP contribution < -0.4 is 11.1 Å². The van der Waals surface area contributed by atoms with Gasteiger partial charge in [0.25, 0.3) is 5.91 Å². The number of aryl methyl sites for hydroxylation is 2. The highest BCUT2D eigenvalue weighted by molar-refractivity contribution is 5.92. The summed E-state index contributed by atoms with van der Waals surface area (Å²) in [5, 5.41) is 11.9. The Morgan fingerprint density at radius 3 is 2.90 bits per heavy atom. The van der Waals surface area contributed by atoms with Crippen molar-refractivity contribution in [3.8, 4) is 5.82 Å². The van der Waals surface area contributed by atoms with Crippen molar-refractivity contribution < 1.29 is 9.53 Å². The smallest absolute Gasteiger partial charge is 0.251 e. The lowest BCUT2D eigenvalue weighted by Gasteiger charge is -2.08. The van der Waals surface area contributed by atoms with Crippen LogP contribution in [-0.4, -0.2) is 45.7 Å². The molecule has 0 aliphatic heterocycles. The van der Waals surface area contributed by atoms with E-state index in [0.717, 1.165) is 23.6 Å². The molecule has 0 saturated heterocycles. The number of amides is 1. The van der Waals surface area contributed by atoms with Crippen LogP contribution in [0.15, 0.2) is 12.4 Å². The number of methoxy groups -OCH3 is 1. The van der Waals surface area contributed by atoms with Gasteiger partial charge >= 0.3 is 0 Å². The fourth-order valence-corrected chi connectivity index (χ4v) is 2.14. The minimum atomic E-state index is -0.500. The molecule has 0 fully saturated rings. The third-order valence-corrected chi connectivity index (χ3v) is 3.18. The van der Waals surface area contributed by atoms with Gasteiger partial charge in [-0.1, -0.05) is 0 Å². The number of primary amides is 1. The molecular formula is C13H20N6O2. The minimum Gasteiger partial charge on any atom is -0.383 e. The molecule has 0 spiro atoms. The first-order chi connectivity index (χ1) is 10.0. The van der Waals surface area contributed by atoms with Crippen LogP contribution >= 0.6 is 0 Å². The summed E-state index contributed by atoms with van der Waals surface area (Å²) in [6, 6.07) is 0. The van der Waals surface area contributed by atoms with Crippen LogP contribution in [0.4, 0.5) is 0 Å². The molecule has 3 N–H and O–H groups in total. The molecule has 114 valence electrons. The maximum absolute atomic E-state index is 11.2. The third-order valence-electron chi connectivity index (χ3n) is 3.18. The van der Waals surface area contributed by atoms with Crippen molar-refractivity contribution in [3.05, 3.63) is 29.2 Å². The van der Waals surface area contributed by atoms with Crippen molar-refractivity contribution >= 4 is 5.91 Å². The van der Waals surface area contributed by atoms with Gasteiger partial charge in [-0.15, -0.1) is 0 Å². The van der Waals surface area contributed by atoms with Gasteiger partial charge in [-0.3, -0.25) is 9.48 Å². The van der Waals surface area contributed by atoms with E-state index in [9.17, 15) is 4.79 Å². The van der Waals surface area contributed by atoms with Crippen molar-refractivity contribution in [3.63, 3.8) is 0 Å². The number of hydrogen-bond donors (Lipinski definition) is 2. The van der Waals surface area contributed by atoms with Gasteiger partial charge in [0, 0.05) is 39.0 Å². The Hall–Kier alpha value is -2.19. The molecule has 0 saturated carbocycles. The number of rotatable bonds is 7. The zero-order valence-electron chi connectivity index (χ0n) is 12.5. The third kappa shape index (κ3) is 3.29. The average Bonchev–Trinajstić information content (AvgIpc) is 3.00. The Morgan fingerprint density at radius 2 is 2.29 bits per heavy atom. The first-order valence-corrected chi connectivity index (χ1v) is 6.61. The molecule has 2 heterocycles. The van der Waals surface area contributed by atoms with Crippen molar-refractivity contribution in [2.45, 2.75) is 13.5 Å². The number of carbonyl (C=O) groups is 1. The fourth-order valence-electron chi connectivity index (χ4n) is 2.14. The summed E-state index contributed by atoms with van der Waals surface area (Å²) in [6.45, 7) is 3.97. The summed E-state index contributed by atoms with van der Waals surface area (Å²) in [7, 11) is 3.50. The van der Waals surface area contributed by atoms with Crippen LogP contribution in [0.3, 0.4) is 0 Å². The highest BCUT2D eigenvalue weighted by atomic mass is 16.5. The number of aromatic nitrogens is 4. The first kappa shape index (κ1) is 15.2. The van der Waals surface area contributed by atoms with Crippen molar-refractivity contribution in [1.29, 1.82) is 0 Å². The molecule has 1 amide bonds. The second-order valence-electron chi connectivity index (χ2n) is 4.72. The van der Waals surface area contributed by atoms with E-state index in [0.29, 0.717) is 18.7 Å². The van der Waals surface area contributed by atoms with Gasteiger partial charge in [0.1, 0.15) is 0 Å². The molecule has 0 unspecified atom stereocenters. The number of nitrogens with two attached hydrogens (primary N) is 1. The number of ether oxygens (including phenoxy) is 1. The zero-order valence-corrected chi connectivity index (χ0v) is 12.5. The summed E-state index contributed by atoms with van der Waals surface area (Å²) < 4.78 is 8.36. The standard InChI is InChI=1S/C13H20N6O2/c1-9-11(7-15-4-5-21-3)13(18(2)17-9)19-8-10(6-16-19)12(14)20/h6,8,15H,4-5,7H2,1-3H3,(H2,14,20). The Morgan fingerprint density at radius 1 is 1.52 bits per heavy atom. The molecule has 2 aromatic rings. The predicted octanol–water partition coefficient (Wildman–Crippen LogP) is -0.251. The van der Waals surface area contributed by atoms with Gasteiger partial charge in [0.2, 0.25) is 0 Å². The van der Waals surface area contributed by atoms with E-state index in [1.165, 1.54) is 6.20 Å². The number of hydrogen-bond acceptors (Lipinski definition) is 5. The molecule has 8 heteroatoms. The molecule has 0 aromatic carbocycles. The van der Waals surface area contributed by atoms with Gasteiger partial charge in [0.05, 0.1) is 24.1 Å². The monoisotopic (exact) mass is 292 g/mol. The lowest BCUT2D eigenvalue weighted by molar-refractivity contribution is 0.100. The number of nitrogens with zero attached hydrogens (tertiary/aromatic N) is 4. The summed E-state index contributed by atoms with van der Waals surface area (Å²) in [5.74, 6) is 0.310. The van der Waals surface area contributed by atoms with Gasteiger partial charge in [-0.05, 0) is 6.92 Å². The molecule has 0 aliphatic rings. The summed E-state index contributed by atoms with van der Waals surface area (Å²) >= 11 is 0. The average molecular weight is 292 g/mol. The van der Waals surface area contributed by atoms with Gasteiger partial charge in [-0.25, -0.2) is 4.68 Å². The van der Waals surface area contributed by atoms with E-state index in [2.05, 4.69) is 15.5 Å². The highest BCUT2D eigenvalue weighted by Crippen LogP contribution is 2.17. The maximum atomic E-state index is 11.2. The van der Waals surface area contributed by atoms with E-state index < -0.39 is 5.91 Å². The SMILES string of the molecule is COCCNCc1c(C)nn(C)c1-n1cc(C(N)=O)cn1. The normalized spacial score (nSPS) is 11.0. The predicted molar refractivity (Wildman–Crippen MR) is 77.2 cm³/mol. The number of carbonyl (C=O) groups excluding carboxylic acids is 1. The Kier molecular flexibility index (Phi) is 4.71. The molecule has 8 nitrogen and oxygen atoms in total. The lowest BCUT2D eigenvalue weighted by Crippen LogP contribution is -2.20. The van der Waals surface area contributed by atoms with E-state index in [4.69, 9.17) is 10.5 Å². The lowest BCUT2D eigenvalue weighted by atomic mass is 10.2. The van der Waals surface area contributed by atoms with Crippen LogP contribution in [0, 0.1) is 6.92 Å². The van der Waals surface area contributed by atoms with E-state index >= 15 is 0 Å². The molecule has 0 atom stereocenters. The largest absolute Gasteiger partial charge is 0.383 e. The Labute approximate surface area is 122 Å². The topological polar surface area (TPSA) is 100.0 Å². The molecule has 21 heavy (non-hydrogen) atoms. The minimum absolute atomic E-state index is 0.368. The summed E-state index contributed by atoms with van der Waals surface area (Å²) in [5.41, 5.74) is 7.56. The second kappa shape index (κ2) is 6.51. The molecular weight excluding hydrogens is 272 g/mol. The van der Waals surface area contributed by atoms with Crippen LogP contribution in [0.25, 0.3) is 5.82 Å². The highest BCUT2D eigenvalue weighted by Gasteiger charge is 2.16. The van der Waals surface area contributed by atoms with Gasteiger partial charge in [-0.2, -0.15) is 10.2 Å². The fraction of sp³-hybridized carbons (Fsp3) is 0.462. The van der Waals surface area contributed by atoms with Crippen molar-refractivity contribution in [2.24, 2.45) is 12.8 Å². The van der Waals surface area contributed by atoms with Gasteiger partial charge in [0.15, 0.2) is 5.82 Å². The van der Waals surface area contributed by atoms with Crippen LogP contribution in [0.2, 0.25) is 0 Å². The van der Waals surface area contributed by atoms with Gasteiger partial charge < -0.3 is 15.8 Å². The number of nitrogens with one attached hydrogen (secondary N) is 1. The second-order valence-corrected chi connectivity index (χ2v) is 4.72. The molecule has 0 bridgehead atoms. The van der Waals surface area contributed by atoms with E-state index in [1.54, 1.807) is 22.7 Å². The summed E-state index contributed by atoms with van der Waals surface area (Å²) in [6.07, 6.45) is 3.06. The maximum Gasteiger partial charge on any atom is 0.251 e. The first-order valence-electron chi connectivity index (χ1n) is 6.61. The van der Waals surface area contributed by atoms with E-state index in [1.807, 2.05) is 14.0 Å². The molecule has 0 aliphatic carbocycles. The summed E-state index contributed by atoms with van der Waals surface area (Å²) in [4.78, 5) is 11.2. The Balaban J connectivity index is 2.27. The molecule has 0 radical (unpaired) electrons. The van der Waals surface area contributed by atoms with Crippen LogP contribution in [0.1, 0.15) is 21.6 Å². The van der Waals surface area contributed by atoms with Crippen molar-refractivity contribution in [2.75, 3.05) is 20.3 Å². The van der Waals surface area contributed by atoms with Crippen LogP contribution in [0.5, 0.6) is 0 Å².